The second-order valence-electron chi connectivity index (χ2n) is 9.31. The van der Waals surface area contributed by atoms with Crippen molar-refractivity contribution in [3.63, 3.8) is 0 Å². The molecule has 1 aliphatic rings. The van der Waals surface area contributed by atoms with Crippen molar-refractivity contribution in [1.82, 2.24) is 15.2 Å². The van der Waals surface area contributed by atoms with Crippen molar-refractivity contribution in [3.8, 4) is 11.3 Å². The maximum atomic E-state index is 14.0. The molecule has 0 spiro atoms. The number of hydrogen-bond donors (Lipinski definition) is 2. The lowest BCUT2D eigenvalue weighted by Gasteiger charge is -2.27. The number of fused-ring (bicyclic) bond motifs is 2. The summed E-state index contributed by atoms with van der Waals surface area (Å²) in [5.41, 5.74) is 7.19. The van der Waals surface area contributed by atoms with Gasteiger partial charge in [0.1, 0.15) is 0 Å². The van der Waals surface area contributed by atoms with Gasteiger partial charge in [0, 0.05) is 34.7 Å². The Morgan fingerprint density at radius 1 is 1.21 bits per heavy atom. The lowest BCUT2D eigenvalue weighted by molar-refractivity contribution is -0.00603. The van der Waals surface area contributed by atoms with Crippen molar-refractivity contribution in [2.45, 2.75) is 51.9 Å². The van der Waals surface area contributed by atoms with Gasteiger partial charge in [-0.1, -0.05) is 32.1 Å². The molecule has 34 heavy (non-hydrogen) atoms. The number of hydrogen-bond acceptors (Lipinski definition) is 3. The number of aromatic carboxylic acids is 1. The molecule has 2 aromatic heterocycles. The minimum Gasteiger partial charge on any atom is -0.478 e. The van der Waals surface area contributed by atoms with Gasteiger partial charge in [0.05, 0.1) is 28.5 Å². The van der Waals surface area contributed by atoms with Gasteiger partial charge >= 0.3 is 5.97 Å². The molecule has 5 rings (SSSR count). The van der Waals surface area contributed by atoms with Gasteiger partial charge in [0.25, 0.3) is 5.92 Å². The quantitative estimate of drug-likeness (QED) is 0.339. The third-order valence-electron chi connectivity index (χ3n) is 6.68. The summed E-state index contributed by atoms with van der Waals surface area (Å²) in [6, 6.07) is 8.71. The zero-order valence-corrected chi connectivity index (χ0v) is 19.2. The van der Waals surface area contributed by atoms with E-state index in [0.29, 0.717) is 0 Å². The highest BCUT2D eigenvalue weighted by Gasteiger charge is 2.33. The number of carbonyl (C=O) groups is 1. The summed E-state index contributed by atoms with van der Waals surface area (Å²) in [6.45, 7) is 6.13. The van der Waals surface area contributed by atoms with Crippen LogP contribution in [0.3, 0.4) is 0 Å². The molecule has 0 atom stereocenters. The van der Waals surface area contributed by atoms with Crippen LogP contribution < -0.4 is 0 Å². The predicted octanol–water partition coefficient (Wildman–Crippen LogP) is 7.11. The largest absolute Gasteiger partial charge is 0.478 e. The van der Waals surface area contributed by atoms with Gasteiger partial charge in [0.15, 0.2) is 0 Å². The van der Waals surface area contributed by atoms with E-state index in [1.807, 2.05) is 13.0 Å². The first kappa shape index (κ1) is 22.2. The number of benzene rings is 2. The Balaban J connectivity index is 1.87. The third kappa shape index (κ3) is 3.65. The molecule has 0 radical (unpaired) electrons. The molecule has 0 fully saturated rings. The molecular weight excluding hydrogens is 436 g/mol. The number of H-pyrrole nitrogens is 1. The molecule has 0 saturated heterocycles. The number of nitrogens with zero attached hydrogens (tertiary/aromatic N) is 2. The third-order valence-corrected chi connectivity index (χ3v) is 6.68. The van der Waals surface area contributed by atoms with Gasteiger partial charge in [-0.05, 0) is 54.2 Å². The fourth-order valence-corrected chi connectivity index (χ4v) is 4.94. The van der Waals surface area contributed by atoms with E-state index in [0.717, 1.165) is 55.3 Å². The van der Waals surface area contributed by atoms with Crippen LogP contribution in [0.2, 0.25) is 0 Å². The van der Waals surface area contributed by atoms with Crippen molar-refractivity contribution in [1.29, 1.82) is 0 Å². The number of alkyl halides is 2. The van der Waals surface area contributed by atoms with Crippen LogP contribution in [0.1, 0.15) is 66.1 Å². The van der Waals surface area contributed by atoms with E-state index in [-0.39, 0.29) is 30.7 Å². The lowest BCUT2D eigenvalue weighted by Crippen LogP contribution is -2.19. The first-order valence-corrected chi connectivity index (χ1v) is 11.4. The SMILES string of the molecule is Cc1c2nc(-c3ccc(C(=O)O)cc3)c(C(C)C)c(C3=CCC(F)(F)CC3)c2cc2cn[nH]c12. The van der Waals surface area contributed by atoms with Gasteiger partial charge in [0.2, 0.25) is 0 Å². The lowest BCUT2D eigenvalue weighted by atomic mass is 9.81. The molecule has 7 heteroatoms. The molecule has 4 aromatic rings. The number of halogens is 2. The molecule has 2 aromatic carbocycles. The van der Waals surface area contributed by atoms with E-state index >= 15 is 0 Å². The highest BCUT2D eigenvalue weighted by molar-refractivity contribution is 6.05. The maximum absolute atomic E-state index is 14.0. The number of aryl methyl sites for hydroxylation is 1. The Hall–Kier alpha value is -3.61. The molecule has 0 unspecified atom stereocenters. The average molecular weight is 462 g/mol. The number of pyridine rings is 1. The molecule has 174 valence electrons. The van der Waals surface area contributed by atoms with Crippen molar-refractivity contribution in [3.05, 3.63) is 64.9 Å². The number of aromatic nitrogens is 3. The summed E-state index contributed by atoms with van der Waals surface area (Å²) in [5.74, 6) is -3.62. The Morgan fingerprint density at radius 3 is 2.56 bits per heavy atom. The fourth-order valence-electron chi connectivity index (χ4n) is 4.94. The second kappa shape index (κ2) is 8.01. The zero-order valence-electron chi connectivity index (χ0n) is 19.2. The smallest absolute Gasteiger partial charge is 0.335 e. The molecular formula is C27H25F2N3O2. The van der Waals surface area contributed by atoms with Crippen molar-refractivity contribution < 1.29 is 18.7 Å². The standard InChI is InChI=1S/C27H25F2N3O2/c1-14(2)21-22(16-8-10-27(28,29)11-9-16)20-12-19-13-30-32-23(19)15(3)24(20)31-25(21)17-4-6-18(7-5-17)26(33)34/h4-8,12-14H,9-11H2,1-3H3,(H,30,32)(H,33,34). The van der Waals surface area contributed by atoms with E-state index in [1.165, 1.54) is 0 Å². The van der Waals surface area contributed by atoms with Crippen LogP contribution in [-0.2, 0) is 0 Å². The molecule has 5 nitrogen and oxygen atoms in total. The maximum Gasteiger partial charge on any atom is 0.335 e. The summed E-state index contributed by atoms with van der Waals surface area (Å²) in [7, 11) is 0. The molecule has 0 aliphatic heterocycles. The van der Waals surface area contributed by atoms with Gasteiger partial charge in [-0.25, -0.2) is 18.6 Å². The molecule has 0 bridgehead atoms. The summed E-state index contributed by atoms with van der Waals surface area (Å²) < 4.78 is 28.1. The first-order chi connectivity index (χ1) is 16.2. The van der Waals surface area contributed by atoms with Crippen molar-refractivity contribution in [2.24, 2.45) is 0 Å². The number of allylic oxidation sites excluding steroid dienone is 2. The predicted molar refractivity (Wildman–Crippen MR) is 129 cm³/mol. The van der Waals surface area contributed by atoms with E-state index in [2.05, 4.69) is 24.0 Å². The first-order valence-electron chi connectivity index (χ1n) is 11.4. The molecule has 1 aliphatic carbocycles. The van der Waals surface area contributed by atoms with Crippen LogP contribution >= 0.6 is 0 Å². The number of aromatic amines is 1. The van der Waals surface area contributed by atoms with Gasteiger partial charge in [-0.3, -0.25) is 5.10 Å². The Kier molecular flexibility index (Phi) is 5.23. The van der Waals surface area contributed by atoms with Crippen LogP contribution in [0.25, 0.3) is 38.6 Å². The van der Waals surface area contributed by atoms with E-state index in [9.17, 15) is 18.7 Å². The highest BCUT2D eigenvalue weighted by atomic mass is 19.3. The summed E-state index contributed by atoms with van der Waals surface area (Å²) in [4.78, 5) is 16.4. The van der Waals surface area contributed by atoms with E-state index < -0.39 is 11.9 Å². The Morgan fingerprint density at radius 2 is 1.94 bits per heavy atom. The Labute approximate surface area is 195 Å². The minimum absolute atomic E-state index is 0.0599. The summed E-state index contributed by atoms with van der Waals surface area (Å²) in [6.07, 6.45) is 3.26. The number of carboxylic acids is 1. The topological polar surface area (TPSA) is 78.9 Å². The van der Waals surface area contributed by atoms with Gasteiger partial charge in [-0.2, -0.15) is 5.10 Å². The van der Waals surface area contributed by atoms with Crippen molar-refractivity contribution in [2.75, 3.05) is 0 Å². The molecule has 2 N–H and O–H groups in total. The van der Waals surface area contributed by atoms with E-state index in [1.54, 1.807) is 36.5 Å². The van der Waals surface area contributed by atoms with Crippen molar-refractivity contribution >= 4 is 33.3 Å². The van der Waals surface area contributed by atoms with Crippen LogP contribution in [0.15, 0.2) is 42.6 Å². The number of nitrogens with one attached hydrogen (secondary N) is 1. The molecule has 2 heterocycles. The zero-order chi connectivity index (χ0) is 24.2. The van der Waals surface area contributed by atoms with Crippen LogP contribution in [0.4, 0.5) is 8.78 Å². The monoisotopic (exact) mass is 461 g/mol. The second-order valence-corrected chi connectivity index (χ2v) is 9.31. The molecule has 0 saturated carbocycles. The minimum atomic E-state index is -2.69. The fraction of sp³-hybridized carbons (Fsp3) is 0.296. The van der Waals surface area contributed by atoms with Gasteiger partial charge in [-0.15, -0.1) is 0 Å². The summed E-state index contributed by atoms with van der Waals surface area (Å²) in [5, 5.41) is 18.4. The van der Waals surface area contributed by atoms with Crippen LogP contribution in [0, 0.1) is 6.92 Å². The number of rotatable bonds is 4. The number of carboxylic acid groups (broad SMARTS) is 1. The van der Waals surface area contributed by atoms with Gasteiger partial charge < -0.3 is 5.11 Å². The Bertz CT molecular complexity index is 1470. The highest BCUT2D eigenvalue weighted by Crippen LogP contribution is 2.45. The van der Waals surface area contributed by atoms with Crippen LogP contribution in [0.5, 0.6) is 0 Å². The average Bonchev–Trinajstić information content (AvgIpc) is 3.27. The molecule has 0 amide bonds. The van der Waals surface area contributed by atoms with E-state index in [4.69, 9.17) is 4.98 Å². The normalized spacial score (nSPS) is 15.8. The summed E-state index contributed by atoms with van der Waals surface area (Å²) >= 11 is 0. The van der Waals surface area contributed by atoms with Crippen LogP contribution in [-0.4, -0.2) is 32.2 Å².